The number of rotatable bonds is 10. The zero-order valence-electron chi connectivity index (χ0n) is 30.0. The van der Waals surface area contributed by atoms with Gasteiger partial charge in [0.15, 0.2) is 13.9 Å². The molecule has 3 aliphatic heterocycles. The monoisotopic (exact) mass is 726 g/mol. The number of fused-ring (bicyclic) bond motifs is 4. The Balaban J connectivity index is 1.27. The zero-order chi connectivity index (χ0) is 36.9. The number of benzene rings is 3. The first-order chi connectivity index (χ1) is 24.9. The second-order valence-corrected chi connectivity index (χ2v) is 18.9. The first kappa shape index (κ1) is 35.8. The van der Waals surface area contributed by atoms with Gasteiger partial charge in [-0.1, -0.05) is 43.3 Å². The minimum atomic E-state index is -3.10. The number of amides is 2. The van der Waals surface area contributed by atoms with Crippen molar-refractivity contribution in [1.29, 1.82) is 0 Å². The van der Waals surface area contributed by atoms with E-state index in [0.29, 0.717) is 60.2 Å². The number of para-hydroxylation sites is 1. The highest BCUT2D eigenvalue weighted by Gasteiger charge is 2.66. The SMILES string of the molecule is COC(=O)CCCCN1C(=O)[C@]2(O[C@H](CC(=O)N3Cc4ccccc4C[C@H]3CO)[C@@H]([Si](C)(C)O)[C@@H]2C)c2cc(-n3[nH]c4ccccc4c3=O)ccc21. The Kier molecular flexibility index (Phi) is 9.49. The molecule has 0 radical (unpaired) electrons. The number of esters is 1. The van der Waals surface area contributed by atoms with E-state index in [-0.39, 0.29) is 42.8 Å². The maximum absolute atomic E-state index is 14.9. The van der Waals surface area contributed by atoms with E-state index in [1.807, 2.05) is 68.5 Å². The number of aliphatic hydroxyl groups excluding tert-OH is 1. The molecule has 4 heterocycles. The summed E-state index contributed by atoms with van der Waals surface area (Å²) in [5.74, 6) is -1.37. The van der Waals surface area contributed by atoms with E-state index < -0.39 is 37.5 Å². The summed E-state index contributed by atoms with van der Waals surface area (Å²) in [6, 6.07) is 20.1. The number of carbonyl (C=O) groups is 3. The van der Waals surface area contributed by atoms with Crippen LogP contribution >= 0.6 is 0 Å². The van der Waals surface area contributed by atoms with Crippen molar-refractivity contribution >= 4 is 42.7 Å². The van der Waals surface area contributed by atoms with Crippen molar-refractivity contribution in [3.8, 4) is 5.69 Å². The van der Waals surface area contributed by atoms with Crippen molar-refractivity contribution in [3.05, 3.63) is 93.8 Å². The normalized spacial score (nSPS) is 24.1. The first-order valence-corrected chi connectivity index (χ1v) is 21.0. The number of anilines is 1. The Morgan fingerprint density at radius 1 is 1.04 bits per heavy atom. The van der Waals surface area contributed by atoms with Crippen LogP contribution in [0.4, 0.5) is 5.69 Å². The molecule has 0 bridgehead atoms. The molecule has 2 amide bonds. The number of aromatic amines is 1. The van der Waals surface area contributed by atoms with Crippen LogP contribution in [0.5, 0.6) is 0 Å². The lowest BCUT2D eigenvalue weighted by Crippen LogP contribution is -2.48. The number of aliphatic hydroxyl groups is 1. The maximum atomic E-state index is 14.9. The number of hydrogen-bond donors (Lipinski definition) is 3. The van der Waals surface area contributed by atoms with Gasteiger partial charge in [-0.2, -0.15) is 0 Å². The van der Waals surface area contributed by atoms with Crippen LogP contribution < -0.4 is 10.5 Å². The smallest absolute Gasteiger partial charge is 0.305 e. The topological polar surface area (TPSA) is 154 Å². The molecule has 13 heteroatoms. The minimum absolute atomic E-state index is 0.0741. The van der Waals surface area contributed by atoms with E-state index in [0.717, 1.165) is 11.1 Å². The molecule has 5 atom stereocenters. The Bertz CT molecular complexity index is 2090. The molecule has 0 unspecified atom stereocenters. The number of H-pyrrole nitrogens is 1. The van der Waals surface area contributed by atoms with Gasteiger partial charge in [0.05, 0.1) is 54.6 Å². The molecule has 7 rings (SSSR count). The van der Waals surface area contributed by atoms with Crippen molar-refractivity contribution in [2.75, 3.05) is 25.2 Å². The molecule has 0 aliphatic carbocycles. The molecule has 1 aromatic heterocycles. The van der Waals surface area contributed by atoms with Crippen LogP contribution in [0.3, 0.4) is 0 Å². The van der Waals surface area contributed by atoms with Crippen LogP contribution in [0.2, 0.25) is 18.6 Å². The number of carbonyl (C=O) groups excluding carboxylic acids is 3. The number of aromatic nitrogens is 2. The quantitative estimate of drug-likeness (QED) is 0.125. The molecule has 52 heavy (non-hydrogen) atoms. The van der Waals surface area contributed by atoms with Gasteiger partial charge >= 0.3 is 5.97 Å². The fourth-order valence-electron chi connectivity index (χ4n) is 8.84. The van der Waals surface area contributed by atoms with Gasteiger partial charge in [-0.05, 0) is 73.8 Å². The van der Waals surface area contributed by atoms with Crippen LogP contribution in [0.1, 0.15) is 49.3 Å². The molecule has 4 aromatic rings. The lowest BCUT2D eigenvalue weighted by Gasteiger charge is -2.37. The van der Waals surface area contributed by atoms with Gasteiger partial charge < -0.3 is 29.2 Å². The Morgan fingerprint density at radius 2 is 1.77 bits per heavy atom. The van der Waals surface area contributed by atoms with Crippen molar-refractivity contribution in [2.24, 2.45) is 5.92 Å². The Morgan fingerprint density at radius 3 is 2.48 bits per heavy atom. The van der Waals surface area contributed by atoms with E-state index in [9.17, 15) is 29.1 Å². The maximum Gasteiger partial charge on any atom is 0.305 e. The van der Waals surface area contributed by atoms with Gasteiger partial charge in [0, 0.05) is 36.5 Å². The van der Waals surface area contributed by atoms with Gasteiger partial charge in [-0.15, -0.1) is 0 Å². The third-order valence-electron chi connectivity index (χ3n) is 11.3. The number of hydrogen-bond acceptors (Lipinski definition) is 8. The van der Waals surface area contributed by atoms with Crippen LogP contribution in [0.25, 0.3) is 16.6 Å². The average Bonchev–Trinajstić information content (AvgIpc) is 3.71. The van der Waals surface area contributed by atoms with Gasteiger partial charge in [-0.3, -0.25) is 24.3 Å². The van der Waals surface area contributed by atoms with Crippen LogP contribution in [-0.2, 0) is 42.4 Å². The molecule has 1 spiro atoms. The van der Waals surface area contributed by atoms with E-state index in [2.05, 4.69) is 5.10 Å². The summed E-state index contributed by atoms with van der Waals surface area (Å²) < 4.78 is 13.2. The highest BCUT2D eigenvalue weighted by molar-refractivity contribution is 6.71. The molecule has 3 N–H and O–H groups in total. The Hall–Kier alpha value is -4.56. The lowest BCUT2D eigenvalue weighted by molar-refractivity contribution is -0.151. The van der Waals surface area contributed by atoms with Crippen LogP contribution in [-0.4, -0.2) is 83.1 Å². The summed E-state index contributed by atoms with van der Waals surface area (Å²) in [6.07, 6.45) is 0.923. The molecule has 12 nitrogen and oxygen atoms in total. The average molecular weight is 727 g/mol. The van der Waals surface area contributed by atoms with Gasteiger partial charge in [0.25, 0.3) is 11.5 Å². The second kappa shape index (κ2) is 13.8. The summed E-state index contributed by atoms with van der Waals surface area (Å²) >= 11 is 0. The molecule has 0 saturated carbocycles. The summed E-state index contributed by atoms with van der Waals surface area (Å²) in [7, 11) is -1.76. The molecular formula is C39H46N4O8Si. The molecule has 274 valence electrons. The van der Waals surface area contributed by atoms with Crippen LogP contribution in [0.15, 0.2) is 71.5 Å². The van der Waals surface area contributed by atoms with E-state index >= 15 is 0 Å². The number of methoxy groups -OCH3 is 1. The highest BCUT2D eigenvalue weighted by atomic mass is 28.4. The second-order valence-electron chi connectivity index (χ2n) is 14.9. The van der Waals surface area contributed by atoms with Gasteiger partial charge in [0.2, 0.25) is 5.91 Å². The molecule has 3 aliphatic rings. The van der Waals surface area contributed by atoms with Crippen LogP contribution in [0, 0.1) is 5.92 Å². The summed E-state index contributed by atoms with van der Waals surface area (Å²) in [4.78, 5) is 69.7. The van der Waals surface area contributed by atoms with Gasteiger partial charge in [-0.25, -0.2) is 4.68 Å². The van der Waals surface area contributed by atoms with Crippen molar-refractivity contribution < 1.29 is 33.8 Å². The fraction of sp³-hybridized carbons (Fsp3) is 0.436. The third-order valence-corrected chi connectivity index (χ3v) is 13.8. The largest absolute Gasteiger partial charge is 0.469 e. The predicted molar refractivity (Wildman–Crippen MR) is 197 cm³/mol. The van der Waals surface area contributed by atoms with Gasteiger partial charge in [0.1, 0.15) is 0 Å². The van der Waals surface area contributed by atoms with E-state index in [4.69, 9.17) is 9.47 Å². The van der Waals surface area contributed by atoms with E-state index in [1.165, 1.54) is 11.8 Å². The Labute approximate surface area is 303 Å². The standard InChI is InChI=1S/C39H46N4O8Si/c1-24-36(52(3,4)49)33(21-34(45)42-22-26-12-6-5-11-25(26)19-28(42)23-44)51-39(24)30-20-27(43-37(47)29-13-7-8-14-31(29)40-43)16-17-32(30)41(38(39)48)18-10-9-15-35(46)50-2/h5-8,11-14,16-17,20,24,28,33,36,40,44,49H,9-10,15,18-19,21-23H2,1-4H3/t24-,28-,33+,36-,39+/m0/s1. The summed E-state index contributed by atoms with van der Waals surface area (Å²) in [5, 5.41) is 14.0. The third kappa shape index (κ3) is 5.99. The minimum Gasteiger partial charge on any atom is -0.469 e. The van der Waals surface area contributed by atoms with Crippen molar-refractivity contribution in [2.45, 2.75) is 82.0 Å². The molecule has 1 fully saturated rings. The number of nitrogens with one attached hydrogen (secondary N) is 1. The number of unbranched alkanes of at least 4 members (excludes halogenated alkanes) is 1. The fourth-order valence-corrected chi connectivity index (χ4v) is 11.4. The summed E-state index contributed by atoms with van der Waals surface area (Å²) in [6.45, 7) is 6.01. The molecule has 3 aromatic carbocycles. The van der Waals surface area contributed by atoms with E-state index in [1.54, 1.807) is 28.0 Å². The number of ether oxygens (including phenoxy) is 2. The van der Waals surface area contributed by atoms with Crippen molar-refractivity contribution in [1.82, 2.24) is 14.7 Å². The molecule has 1 saturated heterocycles. The summed E-state index contributed by atoms with van der Waals surface area (Å²) in [5.41, 5.74) is 2.22. The highest BCUT2D eigenvalue weighted by Crippen LogP contribution is 2.60. The number of nitrogens with zero attached hydrogens (tertiary/aromatic N) is 3. The molecular weight excluding hydrogens is 681 g/mol. The zero-order valence-corrected chi connectivity index (χ0v) is 31.0. The lowest BCUT2D eigenvalue weighted by atomic mass is 9.82. The van der Waals surface area contributed by atoms with Crippen molar-refractivity contribution in [3.63, 3.8) is 0 Å². The first-order valence-electron chi connectivity index (χ1n) is 18.0. The predicted octanol–water partition coefficient (Wildman–Crippen LogP) is 4.14.